The van der Waals surface area contributed by atoms with Gasteiger partial charge in [0.25, 0.3) is 0 Å². The van der Waals surface area contributed by atoms with Gasteiger partial charge in [-0.15, -0.1) is 0 Å². The Hall–Kier alpha value is -0.120. The van der Waals surface area contributed by atoms with Crippen molar-refractivity contribution in [1.29, 1.82) is 0 Å². The number of rotatable bonds is 4. The van der Waals surface area contributed by atoms with Gasteiger partial charge in [0.15, 0.2) is 0 Å². The first kappa shape index (κ1) is 13.3. The summed E-state index contributed by atoms with van der Waals surface area (Å²) in [5.41, 5.74) is 6.00. The highest BCUT2D eigenvalue weighted by Crippen LogP contribution is 2.27. The molecule has 0 aromatic carbocycles. The van der Waals surface area contributed by atoms with E-state index in [1.807, 2.05) is 0 Å². The van der Waals surface area contributed by atoms with E-state index in [1.165, 1.54) is 38.9 Å². The summed E-state index contributed by atoms with van der Waals surface area (Å²) in [6.07, 6.45) is 4.03. The number of nitrogens with two attached hydrogens (primary N) is 1. The summed E-state index contributed by atoms with van der Waals surface area (Å²) >= 11 is 0. The van der Waals surface area contributed by atoms with E-state index in [9.17, 15) is 0 Å². The molecule has 3 atom stereocenters. The third-order valence-electron chi connectivity index (χ3n) is 4.47. The van der Waals surface area contributed by atoms with Crippen molar-refractivity contribution < 1.29 is 0 Å². The largest absolute Gasteiger partial charge is 0.329 e. The molecule has 0 aromatic heterocycles. The summed E-state index contributed by atoms with van der Waals surface area (Å²) in [5.74, 6) is 0.748. The highest BCUT2D eigenvalue weighted by molar-refractivity contribution is 4.93. The number of hydrogen-bond acceptors (Lipinski definition) is 3. The first-order valence-electron chi connectivity index (χ1n) is 7.31. The highest BCUT2D eigenvalue weighted by atomic mass is 15.3. The molecular formula is C14H29N3. The Morgan fingerprint density at radius 3 is 2.71 bits per heavy atom. The van der Waals surface area contributed by atoms with Gasteiger partial charge in [-0.05, 0) is 38.6 Å². The van der Waals surface area contributed by atoms with Crippen LogP contribution in [0, 0.1) is 5.92 Å². The summed E-state index contributed by atoms with van der Waals surface area (Å²) in [4.78, 5) is 5.37. The molecule has 0 saturated carbocycles. The maximum absolute atomic E-state index is 6.00. The van der Waals surface area contributed by atoms with E-state index in [0.717, 1.165) is 18.5 Å². The zero-order valence-electron chi connectivity index (χ0n) is 11.7. The topological polar surface area (TPSA) is 32.5 Å². The van der Waals surface area contributed by atoms with Crippen molar-refractivity contribution in [1.82, 2.24) is 9.80 Å². The molecule has 100 valence electrons. The molecule has 0 radical (unpaired) electrons. The van der Waals surface area contributed by atoms with Crippen LogP contribution in [0.4, 0.5) is 0 Å². The Morgan fingerprint density at radius 1 is 1.29 bits per heavy atom. The maximum Gasteiger partial charge on any atom is 0.0224 e. The zero-order chi connectivity index (χ0) is 12.4. The Bertz CT molecular complexity index is 242. The minimum absolute atomic E-state index is 0.591. The summed E-state index contributed by atoms with van der Waals surface area (Å²) in [5, 5.41) is 0. The van der Waals surface area contributed by atoms with Crippen LogP contribution in [-0.4, -0.2) is 54.1 Å². The normalized spacial score (nSPS) is 33.0. The summed E-state index contributed by atoms with van der Waals surface area (Å²) < 4.78 is 0. The van der Waals surface area contributed by atoms with Crippen molar-refractivity contribution in [3.8, 4) is 0 Å². The number of fused-ring (bicyclic) bond motifs is 1. The molecule has 3 unspecified atom stereocenters. The third kappa shape index (κ3) is 3.01. The van der Waals surface area contributed by atoms with Crippen molar-refractivity contribution in [2.24, 2.45) is 11.7 Å². The van der Waals surface area contributed by atoms with Crippen molar-refractivity contribution in [3.63, 3.8) is 0 Å². The zero-order valence-corrected chi connectivity index (χ0v) is 11.7. The molecule has 0 amide bonds. The van der Waals surface area contributed by atoms with Crippen LogP contribution in [0.1, 0.15) is 40.0 Å². The molecule has 2 saturated heterocycles. The number of hydrogen-bond donors (Lipinski definition) is 1. The molecule has 2 N–H and O–H groups in total. The van der Waals surface area contributed by atoms with E-state index in [2.05, 4.69) is 30.6 Å². The molecule has 17 heavy (non-hydrogen) atoms. The standard InChI is InChI=1S/C14H29N3/c1-11(2)7-14(8-15)17-10-13-5-4-6-16(13)9-12(17)3/h11-14H,4-10,15H2,1-3H3. The molecule has 2 heterocycles. The van der Waals surface area contributed by atoms with Crippen LogP contribution in [0.3, 0.4) is 0 Å². The lowest BCUT2D eigenvalue weighted by atomic mass is 9.98. The van der Waals surface area contributed by atoms with Gasteiger partial charge in [-0.25, -0.2) is 0 Å². The smallest absolute Gasteiger partial charge is 0.0224 e. The van der Waals surface area contributed by atoms with Gasteiger partial charge in [0.1, 0.15) is 0 Å². The van der Waals surface area contributed by atoms with E-state index < -0.39 is 0 Å². The average molecular weight is 239 g/mol. The van der Waals surface area contributed by atoms with Gasteiger partial charge < -0.3 is 5.73 Å². The van der Waals surface area contributed by atoms with Gasteiger partial charge >= 0.3 is 0 Å². The lowest BCUT2D eigenvalue weighted by Gasteiger charge is -2.46. The van der Waals surface area contributed by atoms with Gasteiger partial charge in [0.2, 0.25) is 0 Å². The number of nitrogens with zero attached hydrogens (tertiary/aromatic N) is 2. The highest BCUT2D eigenvalue weighted by Gasteiger charge is 2.36. The Balaban J connectivity index is 1.98. The Morgan fingerprint density at radius 2 is 2.06 bits per heavy atom. The predicted molar refractivity (Wildman–Crippen MR) is 73.1 cm³/mol. The van der Waals surface area contributed by atoms with Gasteiger partial charge in [-0.2, -0.15) is 0 Å². The lowest BCUT2D eigenvalue weighted by Crippen LogP contribution is -2.59. The van der Waals surface area contributed by atoms with Crippen LogP contribution in [0.25, 0.3) is 0 Å². The molecule has 2 rings (SSSR count). The summed E-state index contributed by atoms with van der Waals surface area (Å²) in [6, 6.07) is 2.08. The predicted octanol–water partition coefficient (Wildman–Crippen LogP) is 1.53. The molecule has 2 aliphatic heterocycles. The van der Waals surface area contributed by atoms with E-state index in [0.29, 0.717) is 12.1 Å². The van der Waals surface area contributed by atoms with Crippen molar-refractivity contribution in [3.05, 3.63) is 0 Å². The molecule has 0 spiro atoms. The molecule has 3 nitrogen and oxygen atoms in total. The van der Waals surface area contributed by atoms with Crippen LogP contribution in [0.5, 0.6) is 0 Å². The van der Waals surface area contributed by atoms with Crippen LogP contribution >= 0.6 is 0 Å². The van der Waals surface area contributed by atoms with Crippen LogP contribution < -0.4 is 5.73 Å². The second kappa shape index (κ2) is 5.68. The van der Waals surface area contributed by atoms with Gasteiger partial charge in [-0.1, -0.05) is 13.8 Å². The van der Waals surface area contributed by atoms with Gasteiger partial charge in [0.05, 0.1) is 0 Å². The molecule has 2 aliphatic rings. The number of piperazine rings is 1. The lowest BCUT2D eigenvalue weighted by molar-refractivity contribution is 0.0241. The molecule has 2 fully saturated rings. The molecule has 0 aliphatic carbocycles. The molecule has 0 aromatic rings. The quantitative estimate of drug-likeness (QED) is 0.807. The van der Waals surface area contributed by atoms with Gasteiger partial charge in [0, 0.05) is 37.8 Å². The van der Waals surface area contributed by atoms with Gasteiger partial charge in [-0.3, -0.25) is 9.80 Å². The SMILES string of the molecule is CC(C)CC(CN)N1CC2CCCN2CC1C. The average Bonchev–Trinajstić information content (AvgIpc) is 2.71. The molecule has 0 bridgehead atoms. The minimum Gasteiger partial charge on any atom is -0.329 e. The van der Waals surface area contributed by atoms with Crippen molar-refractivity contribution >= 4 is 0 Å². The first-order valence-corrected chi connectivity index (χ1v) is 7.31. The Kier molecular flexibility index (Phi) is 4.45. The van der Waals surface area contributed by atoms with E-state index >= 15 is 0 Å². The van der Waals surface area contributed by atoms with E-state index in [1.54, 1.807) is 0 Å². The fourth-order valence-electron chi connectivity index (χ4n) is 3.63. The monoisotopic (exact) mass is 239 g/mol. The second-order valence-electron chi connectivity index (χ2n) is 6.36. The fourth-order valence-corrected chi connectivity index (χ4v) is 3.63. The van der Waals surface area contributed by atoms with Crippen LogP contribution in [0.15, 0.2) is 0 Å². The van der Waals surface area contributed by atoms with Crippen molar-refractivity contribution in [2.45, 2.75) is 58.2 Å². The molecule has 3 heteroatoms. The Labute approximate surface area is 106 Å². The summed E-state index contributed by atoms with van der Waals surface area (Å²) in [7, 11) is 0. The maximum atomic E-state index is 6.00. The van der Waals surface area contributed by atoms with E-state index in [-0.39, 0.29) is 0 Å². The first-order chi connectivity index (χ1) is 8.11. The third-order valence-corrected chi connectivity index (χ3v) is 4.47. The minimum atomic E-state index is 0.591. The summed E-state index contributed by atoms with van der Waals surface area (Å²) in [6.45, 7) is 11.6. The van der Waals surface area contributed by atoms with Crippen molar-refractivity contribution in [2.75, 3.05) is 26.2 Å². The van der Waals surface area contributed by atoms with E-state index in [4.69, 9.17) is 5.73 Å². The second-order valence-corrected chi connectivity index (χ2v) is 6.36. The van der Waals surface area contributed by atoms with Crippen LogP contribution in [0.2, 0.25) is 0 Å². The van der Waals surface area contributed by atoms with Crippen LogP contribution in [-0.2, 0) is 0 Å². The fraction of sp³-hybridized carbons (Fsp3) is 1.00. The molecular weight excluding hydrogens is 210 g/mol.